The van der Waals surface area contributed by atoms with Gasteiger partial charge in [-0.3, -0.25) is 14.7 Å². The van der Waals surface area contributed by atoms with Gasteiger partial charge in [-0.2, -0.15) is 5.11 Å². The number of aromatic amines is 2. The highest BCUT2D eigenvalue weighted by atomic mass is 16.1. The third kappa shape index (κ3) is 2.74. The number of carbonyl (C=O) groups excluding carboxylic acids is 1. The minimum absolute atomic E-state index is 0.0880. The Labute approximate surface area is 67.0 Å². The largest absolute Gasteiger partial charge is 0.305 e. The molecule has 1 aliphatic heterocycles. The lowest BCUT2D eigenvalue weighted by Gasteiger charge is -1.59. The molecule has 0 saturated heterocycles. The van der Waals surface area contributed by atoms with Gasteiger partial charge < -0.3 is 5.10 Å². The number of carbonyl (C=O) groups is 1. The molecule has 0 atom stereocenters. The number of azo groups is 1. The number of nitrogens with zero attached hydrogens (tertiary/aromatic N) is 2. The van der Waals surface area contributed by atoms with Crippen molar-refractivity contribution in [1.29, 1.82) is 0 Å². The van der Waals surface area contributed by atoms with Gasteiger partial charge in [-0.1, -0.05) is 0 Å². The van der Waals surface area contributed by atoms with Gasteiger partial charge in [0, 0.05) is 18.3 Å². The Morgan fingerprint density at radius 1 is 1.33 bits per heavy atom. The minimum Gasteiger partial charge on any atom is -0.305 e. The van der Waals surface area contributed by atoms with Gasteiger partial charge in [0.2, 0.25) is 0 Å². The number of aromatic nitrogens is 2. The quantitative estimate of drug-likeness (QED) is 0.576. The highest BCUT2D eigenvalue weighted by Crippen LogP contribution is 1.90. The van der Waals surface area contributed by atoms with E-state index < -0.39 is 0 Å². The molecular formula is C6H6N4O2. The molecule has 12 heavy (non-hydrogen) atoms. The molecule has 0 radical (unpaired) electrons. The van der Waals surface area contributed by atoms with Gasteiger partial charge in [0.1, 0.15) is 0 Å². The summed E-state index contributed by atoms with van der Waals surface area (Å²) in [6, 6.07) is 1.42. The Hall–Kier alpha value is -1.98. The number of hydrogen-bond donors (Lipinski definition) is 2. The zero-order valence-corrected chi connectivity index (χ0v) is 6.02. The van der Waals surface area contributed by atoms with E-state index in [2.05, 4.69) is 20.4 Å². The van der Waals surface area contributed by atoms with Gasteiger partial charge in [0.25, 0.3) is 11.5 Å². The molecule has 0 bridgehead atoms. The second-order valence-corrected chi connectivity index (χ2v) is 1.84. The molecular weight excluding hydrogens is 160 g/mol. The van der Waals surface area contributed by atoms with Crippen LogP contribution in [0.25, 0.3) is 0 Å². The highest BCUT2D eigenvalue weighted by molar-refractivity contribution is 5.89. The lowest BCUT2D eigenvalue weighted by molar-refractivity contribution is -0.113. The van der Waals surface area contributed by atoms with E-state index in [-0.39, 0.29) is 11.5 Å². The average molecular weight is 166 g/mol. The number of H-pyrrole nitrogens is 2. The number of amides is 1. The summed E-state index contributed by atoms with van der Waals surface area (Å²) in [7, 11) is 0. The Bertz CT molecular complexity index is 329. The van der Waals surface area contributed by atoms with Crippen LogP contribution in [0.3, 0.4) is 0 Å². The first-order valence-corrected chi connectivity index (χ1v) is 3.12. The maximum Gasteiger partial charge on any atom is 0.289 e. The molecule has 0 saturated carbocycles. The van der Waals surface area contributed by atoms with Crippen LogP contribution in [0.2, 0.25) is 0 Å². The molecule has 1 amide bonds. The van der Waals surface area contributed by atoms with Crippen LogP contribution in [-0.4, -0.2) is 16.1 Å². The van der Waals surface area contributed by atoms with Crippen molar-refractivity contribution < 1.29 is 4.79 Å². The number of hydrogen-bond acceptors (Lipinski definition) is 3. The van der Waals surface area contributed by atoms with Crippen molar-refractivity contribution in [1.82, 2.24) is 10.2 Å². The molecule has 0 spiro atoms. The predicted molar refractivity (Wildman–Crippen MR) is 40.4 cm³/mol. The fourth-order valence-corrected chi connectivity index (χ4v) is 0.492. The molecule has 2 rings (SSSR count). The van der Waals surface area contributed by atoms with Gasteiger partial charge in [-0.25, -0.2) is 0 Å². The van der Waals surface area contributed by atoms with E-state index in [1.54, 1.807) is 6.20 Å². The summed E-state index contributed by atoms with van der Waals surface area (Å²) < 4.78 is 0. The van der Waals surface area contributed by atoms with Crippen LogP contribution in [0, 0.1) is 0 Å². The van der Waals surface area contributed by atoms with Crippen molar-refractivity contribution in [3.05, 3.63) is 34.9 Å². The van der Waals surface area contributed by atoms with Crippen molar-refractivity contribution in [3.8, 4) is 0 Å². The van der Waals surface area contributed by atoms with Crippen molar-refractivity contribution in [2.45, 2.75) is 0 Å². The topological polar surface area (TPSA) is 90.4 Å². The summed E-state index contributed by atoms with van der Waals surface area (Å²) in [4.78, 5) is 19.9. The maximum absolute atomic E-state index is 9.98. The average Bonchev–Trinajstić information content (AvgIpc) is 2.63. The van der Waals surface area contributed by atoms with Gasteiger partial charge in [-0.05, 0) is 0 Å². The predicted octanol–water partition coefficient (Wildman–Crippen LogP) is 0.195. The van der Waals surface area contributed by atoms with E-state index in [1.807, 2.05) is 0 Å². The Morgan fingerprint density at radius 3 is 2.33 bits per heavy atom. The maximum atomic E-state index is 9.98. The SMILES string of the molecule is O=C1C=CN=N1.O=c1cc[nH][nH]1. The lowest BCUT2D eigenvalue weighted by Crippen LogP contribution is -1.93. The van der Waals surface area contributed by atoms with Crippen LogP contribution in [0.5, 0.6) is 0 Å². The summed E-state index contributed by atoms with van der Waals surface area (Å²) in [6.45, 7) is 0. The fraction of sp³-hybridized carbons (Fsp3) is 0. The monoisotopic (exact) mass is 166 g/mol. The smallest absolute Gasteiger partial charge is 0.289 e. The van der Waals surface area contributed by atoms with Crippen LogP contribution in [-0.2, 0) is 4.79 Å². The second kappa shape index (κ2) is 4.02. The lowest BCUT2D eigenvalue weighted by atomic mass is 10.6. The Morgan fingerprint density at radius 2 is 2.17 bits per heavy atom. The molecule has 6 nitrogen and oxygen atoms in total. The second-order valence-electron chi connectivity index (χ2n) is 1.84. The number of nitrogens with one attached hydrogen (secondary N) is 2. The molecule has 0 aliphatic carbocycles. The minimum atomic E-state index is -0.269. The summed E-state index contributed by atoms with van der Waals surface area (Å²) >= 11 is 0. The summed E-state index contributed by atoms with van der Waals surface area (Å²) in [6.07, 6.45) is 4.21. The van der Waals surface area contributed by atoms with Crippen molar-refractivity contribution in [3.63, 3.8) is 0 Å². The first kappa shape index (κ1) is 8.12. The van der Waals surface area contributed by atoms with Gasteiger partial charge >= 0.3 is 0 Å². The van der Waals surface area contributed by atoms with Crippen LogP contribution in [0.15, 0.2) is 39.6 Å². The molecule has 0 aromatic carbocycles. The molecule has 2 heterocycles. The molecule has 2 N–H and O–H groups in total. The first-order valence-electron chi connectivity index (χ1n) is 3.12. The molecule has 0 fully saturated rings. The van der Waals surface area contributed by atoms with Gasteiger partial charge in [0.05, 0.1) is 6.20 Å². The van der Waals surface area contributed by atoms with E-state index in [0.29, 0.717) is 0 Å². The molecule has 6 heteroatoms. The van der Waals surface area contributed by atoms with E-state index in [0.717, 1.165) is 0 Å². The van der Waals surface area contributed by atoms with E-state index >= 15 is 0 Å². The van der Waals surface area contributed by atoms with Gasteiger partial charge in [0.15, 0.2) is 0 Å². The number of rotatable bonds is 0. The zero-order chi connectivity index (χ0) is 8.81. The fourth-order valence-electron chi connectivity index (χ4n) is 0.492. The van der Waals surface area contributed by atoms with Crippen molar-refractivity contribution in [2.24, 2.45) is 10.2 Å². The van der Waals surface area contributed by atoms with E-state index in [9.17, 15) is 9.59 Å². The molecule has 1 aromatic rings. The molecule has 1 aromatic heterocycles. The van der Waals surface area contributed by atoms with E-state index in [4.69, 9.17) is 0 Å². The van der Waals surface area contributed by atoms with E-state index in [1.165, 1.54) is 18.3 Å². The zero-order valence-electron chi connectivity index (χ0n) is 6.02. The Balaban J connectivity index is 0.000000120. The molecule has 0 unspecified atom stereocenters. The van der Waals surface area contributed by atoms with Crippen LogP contribution in [0.4, 0.5) is 0 Å². The molecule has 1 aliphatic rings. The summed E-state index contributed by atoms with van der Waals surface area (Å²) in [5, 5.41) is 11.2. The van der Waals surface area contributed by atoms with Crippen LogP contribution in [0.1, 0.15) is 0 Å². The normalized spacial score (nSPS) is 12.8. The molecule has 62 valence electrons. The third-order valence-corrected chi connectivity index (χ3v) is 0.953. The van der Waals surface area contributed by atoms with Crippen molar-refractivity contribution >= 4 is 5.91 Å². The van der Waals surface area contributed by atoms with Crippen LogP contribution >= 0.6 is 0 Å². The summed E-state index contributed by atoms with van der Waals surface area (Å²) in [5.74, 6) is -0.269. The summed E-state index contributed by atoms with van der Waals surface area (Å²) in [5.41, 5.74) is -0.0880. The van der Waals surface area contributed by atoms with Crippen LogP contribution < -0.4 is 5.56 Å². The third-order valence-electron chi connectivity index (χ3n) is 0.953. The standard InChI is InChI=1S/C3H4N2O.C3H2N2O/c2*6-3-1-2-4-5-3/h1-2H,(H2,4,5,6);1-2H. The highest BCUT2D eigenvalue weighted by Gasteiger charge is 1.92. The Kier molecular flexibility index (Phi) is 2.72. The first-order chi connectivity index (χ1) is 5.79. The van der Waals surface area contributed by atoms with Gasteiger partial charge in [-0.15, -0.1) is 5.11 Å². The van der Waals surface area contributed by atoms with Crippen molar-refractivity contribution in [2.75, 3.05) is 0 Å².